The van der Waals surface area contributed by atoms with E-state index in [1.54, 1.807) is 12.1 Å². The minimum atomic E-state index is -4.05. The van der Waals surface area contributed by atoms with Gasteiger partial charge in [-0.25, -0.2) is 38.2 Å². The number of pyridine rings is 2. The van der Waals surface area contributed by atoms with E-state index in [0.717, 1.165) is 19.0 Å². The van der Waals surface area contributed by atoms with Gasteiger partial charge in [0.25, 0.3) is 0 Å². The summed E-state index contributed by atoms with van der Waals surface area (Å²) in [5.74, 6) is -0.606. The van der Waals surface area contributed by atoms with Gasteiger partial charge in [0, 0.05) is 65.5 Å². The van der Waals surface area contributed by atoms with Crippen LogP contribution in [0, 0.1) is 0 Å². The molecule has 216 valence electrons. The van der Waals surface area contributed by atoms with E-state index in [1.807, 2.05) is 0 Å². The van der Waals surface area contributed by atoms with Crippen LogP contribution in [0.1, 0.15) is 0 Å². The van der Waals surface area contributed by atoms with Gasteiger partial charge in [-0.2, -0.15) is 0 Å². The highest BCUT2D eigenvalue weighted by Gasteiger charge is 2.30. The highest BCUT2D eigenvalue weighted by atomic mass is 32.2. The first-order valence-corrected chi connectivity index (χ1v) is 15.7. The summed E-state index contributed by atoms with van der Waals surface area (Å²) < 4.78 is 76.9. The van der Waals surface area contributed by atoms with Crippen LogP contribution >= 0.6 is 0 Å². The summed E-state index contributed by atoms with van der Waals surface area (Å²) in [6.45, 7) is 0. The summed E-state index contributed by atoms with van der Waals surface area (Å²) in [7, 11) is -3.34. The Bertz CT molecular complexity index is 1910. The monoisotopic (exact) mass is 611 g/mol. The molecule has 2 aromatic carbocycles. The second-order valence-corrected chi connectivity index (χ2v) is 15.3. The lowest BCUT2D eigenvalue weighted by atomic mass is 10.2. The molecule has 2 heterocycles. The molecule has 0 fully saturated rings. The van der Waals surface area contributed by atoms with Crippen molar-refractivity contribution in [1.29, 1.82) is 0 Å². The van der Waals surface area contributed by atoms with Crippen LogP contribution in [0.2, 0.25) is 0 Å². The van der Waals surface area contributed by atoms with E-state index in [2.05, 4.69) is 9.97 Å². The van der Waals surface area contributed by atoms with Crippen molar-refractivity contribution in [3.8, 4) is 11.5 Å². The van der Waals surface area contributed by atoms with Crippen LogP contribution in [0.5, 0.6) is 11.5 Å². The van der Waals surface area contributed by atoms with Crippen molar-refractivity contribution in [2.75, 3.05) is 42.3 Å². The quantitative estimate of drug-likeness (QED) is 0.326. The summed E-state index contributed by atoms with van der Waals surface area (Å²) in [4.78, 5) is 7.32. The van der Waals surface area contributed by atoms with Gasteiger partial charge in [-0.1, -0.05) is 0 Å². The standard InChI is InChI=1S/C13H17N3O5S2.C11H12N2O3S/c1-15(2)22(18,19)10-8-11(23(20,21)16(3)4)13(17)12-9(10)6-5-7-14-12;1-13(2)17(15,16)10-6-5-9(14)11-8(10)4-3-7-12-11/h5-8,17H,1-4H3;3-7,14H,1-2H3. The SMILES string of the molecule is CN(C)S(=O)(=O)c1cc(S(=O)(=O)N(C)C)c2cccnc2c1O.CN(C)S(=O)(=O)c1ccc(O)c2ncccc12. The van der Waals surface area contributed by atoms with Crippen molar-refractivity contribution < 1.29 is 35.5 Å². The predicted molar refractivity (Wildman–Crippen MR) is 149 cm³/mol. The van der Waals surface area contributed by atoms with Crippen LogP contribution in [0.4, 0.5) is 0 Å². The fourth-order valence-electron chi connectivity index (χ4n) is 3.53. The maximum atomic E-state index is 12.5. The third-order valence-corrected chi connectivity index (χ3v) is 11.3. The second kappa shape index (κ2) is 11.2. The number of hydrogen-bond donors (Lipinski definition) is 2. The average molecular weight is 612 g/mol. The molecule has 0 aliphatic heterocycles. The Morgan fingerprint density at radius 3 is 1.50 bits per heavy atom. The molecule has 0 aliphatic carbocycles. The first-order valence-electron chi connectivity index (χ1n) is 11.4. The number of benzene rings is 2. The molecule has 2 N–H and O–H groups in total. The number of sulfonamides is 3. The van der Waals surface area contributed by atoms with Crippen molar-refractivity contribution >= 4 is 51.9 Å². The molecule has 0 amide bonds. The van der Waals surface area contributed by atoms with E-state index in [0.29, 0.717) is 5.39 Å². The van der Waals surface area contributed by atoms with Crippen molar-refractivity contribution in [1.82, 2.24) is 22.9 Å². The van der Waals surface area contributed by atoms with Crippen molar-refractivity contribution in [2.24, 2.45) is 0 Å². The molecule has 0 spiro atoms. The molecular weight excluding hydrogens is 582 g/mol. The van der Waals surface area contributed by atoms with Crippen molar-refractivity contribution in [2.45, 2.75) is 14.7 Å². The number of phenols is 2. The Balaban J connectivity index is 0.000000230. The zero-order valence-electron chi connectivity index (χ0n) is 22.5. The van der Waals surface area contributed by atoms with E-state index in [9.17, 15) is 35.5 Å². The Morgan fingerprint density at radius 1 is 0.575 bits per heavy atom. The third kappa shape index (κ3) is 5.59. The number of aromatic hydroxyl groups is 2. The van der Waals surface area contributed by atoms with E-state index in [4.69, 9.17) is 0 Å². The lowest BCUT2D eigenvalue weighted by molar-refractivity contribution is 0.456. The first-order chi connectivity index (χ1) is 18.5. The minimum absolute atomic E-state index is 0.0293. The van der Waals surface area contributed by atoms with E-state index < -0.39 is 40.7 Å². The lowest BCUT2D eigenvalue weighted by Gasteiger charge is -2.18. The van der Waals surface area contributed by atoms with Gasteiger partial charge in [0.2, 0.25) is 30.1 Å². The maximum Gasteiger partial charge on any atom is 0.246 e. The summed E-state index contributed by atoms with van der Waals surface area (Å²) in [5.41, 5.74) is 0.200. The summed E-state index contributed by atoms with van der Waals surface area (Å²) in [6, 6.07) is 9.92. The van der Waals surface area contributed by atoms with Gasteiger partial charge in [-0.3, -0.25) is 9.97 Å². The van der Waals surface area contributed by atoms with Gasteiger partial charge in [-0.15, -0.1) is 0 Å². The zero-order valence-corrected chi connectivity index (χ0v) is 25.0. The van der Waals surface area contributed by atoms with Crippen LogP contribution in [-0.4, -0.2) is 101 Å². The minimum Gasteiger partial charge on any atom is -0.506 e. The molecule has 4 aromatic rings. The van der Waals surface area contributed by atoms with Gasteiger partial charge in [0.15, 0.2) is 5.75 Å². The molecule has 0 saturated heterocycles. The Kier molecular flexibility index (Phi) is 8.73. The van der Waals surface area contributed by atoms with Crippen LogP contribution < -0.4 is 0 Å². The molecule has 0 atom stereocenters. The van der Waals surface area contributed by atoms with Gasteiger partial charge < -0.3 is 10.2 Å². The second-order valence-electron chi connectivity index (χ2n) is 8.97. The van der Waals surface area contributed by atoms with Crippen LogP contribution in [-0.2, 0) is 30.1 Å². The van der Waals surface area contributed by atoms with Crippen molar-refractivity contribution in [3.63, 3.8) is 0 Å². The number of fused-ring (bicyclic) bond motifs is 2. The molecule has 4 rings (SSSR count). The molecule has 0 unspecified atom stereocenters. The summed E-state index contributed by atoms with van der Waals surface area (Å²) in [6.07, 6.45) is 2.86. The van der Waals surface area contributed by atoms with E-state index >= 15 is 0 Å². The largest absolute Gasteiger partial charge is 0.506 e. The van der Waals surface area contributed by atoms with Crippen molar-refractivity contribution in [3.05, 3.63) is 54.9 Å². The molecule has 0 bridgehead atoms. The predicted octanol–water partition coefficient (Wildman–Crippen LogP) is 1.63. The average Bonchev–Trinajstić information content (AvgIpc) is 2.89. The van der Waals surface area contributed by atoms with Gasteiger partial charge in [0.05, 0.1) is 9.79 Å². The lowest BCUT2D eigenvalue weighted by Crippen LogP contribution is -2.25. The Labute approximate surface area is 233 Å². The van der Waals surface area contributed by atoms with Crippen LogP contribution in [0.3, 0.4) is 0 Å². The number of rotatable bonds is 6. The maximum absolute atomic E-state index is 12.5. The van der Waals surface area contributed by atoms with Crippen LogP contribution in [0.25, 0.3) is 21.8 Å². The highest BCUT2D eigenvalue weighted by Crippen LogP contribution is 2.37. The molecular formula is C24H29N5O8S3. The summed E-state index contributed by atoms with van der Waals surface area (Å²) >= 11 is 0. The fourth-order valence-corrected chi connectivity index (χ4v) is 6.79. The number of phenolic OH excluding ortho intramolecular Hbond substituents is 2. The normalized spacial score (nSPS) is 12.7. The molecule has 2 aromatic heterocycles. The molecule has 40 heavy (non-hydrogen) atoms. The number of aromatic nitrogens is 2. The Hall–Kier alpha value is -3.41. The van der Waals surface area contributed by atoms with E-state index in [-0.39, 0.29) is 32.0 Å². The molecule has 16 heteroatoms. The van der Waals surface area contributed by atoms with Gasteiger partial charge >= 0.3 is 0 Å². The zero-order chi connectivity index (χ0) is 30.2. The molecule has 0 saturated carbocycles. The van der Waals surface area contributed by atoms with Gasteiger partial charge in [0.1, 0.15) is 21.7 Å². The summed E-state index contributed by atoms with van der Waals surface area (Å²) in [5, 5.41) is 20.5. The highest BCUT2D eigenvalue weighted by molar-refractivity contribution is 7.90. The molecule has 0 aliphatic rings. The molecule has 0 radical (unpaired) electrons. The third-order valence-electron chi connectivity index (χ3n) is 5.78. The van der Waals surface area contributed by atoms with Crippen LogP contribution in [0.15, 0.2) is 69.5 Å². The fraction of sp³-hybridized carbons (Fsp3) is 0.250. The smallest absolute Gasteiger partial charge is 0.246 e. The van der Waals surface area contributed by atoms with E-state index in [1.165, 1.54) is 78.9 Å². The number of nitrogens with zero attached hydrogens (tertiary/aromatic N) is 5. The molecule has 13 nitrogen and oxygen atoms in total. The number of hydrogen-bond acceptors (Lipinski definition) is 10. The Morgan fingerprint density at radius 2 is 1.00 bits per heavy atom. The first kappa shape index (κ1) is 31.1. The topological polar surface area (TPSA) is 178 Å². The van der Waals surface area contributed by atoms with Gasteiger partial charge in [-0.05, 0) is 42.5 Å².